The molecule has 0 N–H and O–H groups in total. The van der Waals surface area contributed by atoms with Crippen molar-refractivity contribution < 1.29 is 0 Å². The van der Waals surface area contributed by atoms with E-state index in [1.165, 1.54) is 19.3 Å². The predicted molar refractivity (Wildman–Crippen MR) is 68.8 cm³/mol. The number of aliphatic imine (C=N–C) groups is 1. The summed E-state index contributed by atoms with van der Waals surface area (Å²) in [4.78, 5) is 14.9. The van der Waals surface area contributed by atoms with Gasteiger partial charge >= 0.3 is 0 Å². The first-order chi connectivity index (χ1) is 8.42. The Balaban J connectivity index is 2.07. The SMILES string of the molecule is CCCCCN1CC=CN=C1c1ccncn1. The third-order valence-corrected chi connectivity index (χ3v) is 2.77. The summed E-state index contributed by atoms with van der Waals surface area (Å²) < 4.78 is 0. The van der Waals surface area contributed by atoms with Crippen molar-refractivity contribution in [3.63, 3.8) is 0 Å². The molecule has 1 aromatic heterocycles. The Bertz CT molecular complexity index is 397. The second kappa shape index (κ2) is 6.13. The fourth-order valence-electron chi connectivity index (χ4n) is 1.87. The molecule has 2 rings (SSSR count). The Kier molecular flexibility index (Phi) is 4.24. The van der Waals surface area contributed by atoms with E-state index in [1.807, 2.05) is 12.3 Å². The molecular weight excluding hydrogens is 212 g/mol. The van der Waals surface area contributed by atoms with E-state index in [0.29, 0.717) is 0 Å². The summed E-state index contributed by atoms with van der Waals surface area (Å²) >= 11 is 0. The molecule has 0 bridgehead atoms. The van der Waals surface area contributed by atoms with Crippen LogP contribution >= 0.6 is 0 Å². The number of aromatic nitrogens is 2. The second-order valence-corrected chi connectivity index (χ2v) is 4.09. The first-order valence-electron chi connectivity index (χ1n) is 6.16. The summed E-state index contributed by atoms with van der Waals surface area (Å²) in [5.74, 6) is 0.964. The third kappa shape index (κ3) is 3.12. The molecule has 0 saturated carbocycles. The molecule has 17 heavy (non-hydrogen) atoms. The van der Waals surface area contributed by atoms with Crippen LogP contribution in [0.1, 0.15) is 31.9 Å². The van der Waals surface area contributed by atoms with Crippen LogP contribution < -0.4 is 0 Å². The Labute approximate surface area is 102 Å². The van der Waals surface area contributed by atoms with E-state index in [0.717, 1.165) is 24.6 Å². The predicted octanol–water partition coefficient (Wildman–Crippen LogP) is 2.24. The fourth-order valence-corrected chi connectivity index (χ4v) is 1.87. The minimum Gasteiger partial charge on any atom is -0.351 e. The molecule has 0 radical (unpaired) electrons. The molecule has 0 aliphatic carbocycles. The van der Waals surface area contributed by atoms with E-state index in [1.54, 1.807) is 12.5 Å². The van der Waals surface area contributed by atoms with Crippen molar-refractivity contribution in [3.8, 4) is 0 Å². The summed E-state index contributed by atoms with van der Waals surface area (Å²) in [6, 6.07) is 1.91. The Morgan fingerprint density at radius 3 is 3.06 bits per heavy atom. The summed E-state index contributed by atoms with van der Waals surface area (Å²) in [7, 11) is 0. The number of hydrogen-bond acceptors (Lipinski definition) is 4. The van der Waals surface area contributed by atoms with E-state index >= 15 is 0 Å². The van der Waals surface area contributed by atoms with Gasteiger partial charge in [0.15, 0.2) is 5.84 Å². The zero-order chi connectivity index (χ0) is 11.9. The Morgan fingerprint density at radius 2 is 2.29 bits per heavy atom. The molecule has 0 saturated heterocycles. The molecule has 1 aliphatic rings. The molecule has 0 amide bonds. The first-order valence-corrected chi connectivity index (χ1v) is 6.16. The third-order valence-electron chi connectivity index (χ3n) is 2.77. The maximum atomic E-state index is 4.43. The van der Waals surface area contributed by atoms with Gasteiger partial charge < -0.3 is 4.90 Å². The lowest BCUT2D eigenvalue weighted by Crippen LogP contribution is -2.35. The van der Waals surface area contributed by atoms with Gasteiger partial charge in [0.1, 0.15) is 12.0 Å². The highest BCUT2D eigenvalue weighted by molar-refractivity contribution is 5.97. The molecule has 4 heteroatoms. The monoisotopic (exact) mass is 230 g/mol. The molecule has 1 aliphatic heterocycles. The van der Waals surface area contributed by atoms with Crippen LogP contribution in [0.5, 0.6) is 0 Å². The Morgan fingerprint density at radius 1 is 1.35 bits per heavy atom. The average Bonchev–Trinajstić information content (AvgIpc) is 2.41. The summed E-state index contributed by atoms with van der Waals surface area (Å²) in [5, 5.41) is 0. The molecule has 0 atom stereocenters. The number of nitrogens with zero attached hydrogens (tertiary/aromatic N) is 4. The van der Waals surface area contributed by atoms with Crippen LogP contribution in [0.2, 0.25) is 0 Å². The van der Waals surface area contributed by atoms with Crippen molar-refractivity contribution in [2.75, 3.05) is 13.1 Å². The lowest BCUT2D eigenvalue weighted by atomic mass is 10.2. The summed E-state index contributed by atoms with van der Waals surface area (Å²) in [5.41, 5.74) is 0.904. The molecule has 0 fully saturated rings. The second-order valence-electron chi connectivity index (χ2n) is 4.09. The molecule has 0 unspecified atom stereocenters. The van der Waals surface area contributed by atoms with Crippen molar-refractivity contribution >= 4 is 5.84 Å². The van der Waals surface area contributed by atoms with Gasteiger partial charge in [-0.2, -0.15) is 0 Å². The van der Waals surface area contributed by atoms with Gasteiger partial charge in [-0.05, 0) is 18.6 Å². The van der Waals surface area contributed by atoms with E-state index < -0.39 is 0 Å². The van der Waals surface area contributed by atoms with Crippen LogP contribution in [0.25, 0.3) is 0 Å². The normalized spacial score (nSPS) is 14.9. The average molecular weight is 230 g/mol. The highest BCUT2D eigenvalue weighted by Gasteiger charge is 2.14. The van der Waals surface area contributed by atoms with Gasteiger partial charge in [-0.25, -0.2) is 15.0 Å². The molecular formula is C13H18N4. The highest BCUT2D eigenvalue weighted by atomic mass is 15.2. The summed E-state index contributed by atoms with van der Waals surface area (Å²) in [6.45, 7) is 4.18. The number of unbranched alkanes of at least 4 members (excludes halogenated alkanes) is 2. The van der Waals surface area contributed by atoms with Crippen molar-refractivity contribution in [2.24, 2.45) is 4.99 Å². The van der Waals surface area contributed by atoms with Crippen LogP contribution in [-0.2, 0) is 0 Å². The summed E-state index contributed by atoms with van der Waals surface area (Å²) in [6.07, 6.45) is 11.0. The minimum absolute atomic E-state index is 0.904. The van der Waals surface area contributed by atoms with Crippen molar-refractivity contribution in [3.05, 3.63) is 36.6 Å². The molecule has 0 spiro atoms. The molecule has 1 aromatic rings. The van der Waals surface area contributed by atoms with Crippen LogP contribution in [0.15, 0.2) is 35.9 Å². The van der Waals surface area contributed by atoms with E-state index in [4.69, 9.17) is 0 Å². The smallest absolute Gasteiger partial charge is 0.154 e. The molecule has 2 heterocycles. The maximum absolute atomic E-state index is 4.43. The molecule has 0 aromatic carbocycles. The minimum atomic E-state index is 0.904. The van der Waals surface area contributed by atoms with Gasteiger partial charge in [0, 0.05) is 25.5 Å². The van der Waals surface area contributed by atoms with Crippen molar-refractivity contribution in [2.45, 2.75) is 26.2 Å². The fraction of sp³-hybridized carbons (Fsp3) is 0.462. The first kappa shape index (κ1) is 11.8. The lowest BCUT2D eigenvalue weighted by molar-refractivity contribution is 0.435. The maximum Gasteiger partial charge on any atom is 0.154 e. The molecule has 4 nitrogen and oxygen atoms in total. The van der Waals surface area contributed by atoms with E-state index in [2.05, 4.69) is 32.9 Å². The topological polar surface area (TPSA) is 41.4 Å². The number of amidine groups is 1. The highest BCUT2D eigenvalue weighted by Crippen LogP contribution is 2.09. The van der Waals surface area contributed by atoms with Gasteiger partial charge in [0.25, 0.3) is 0 Å². The van der Waals surface area contributed by atoms with Crippen molar-refractivity contribution in [1.29, 1.82) is 0 Å². The zero-order valence-corrected chi connectivity index (χ0v) is 10.2. The lowest BCUT2D eigenvalue weighted by Gasteiger charge is -2.26. The van der Waals surface area contributed by atoms with Crippen LogP contribution in [-0.4, -0.2) is 33.8 Å². The van der Waals surface area contributed by atoms with Crippen LogP contribution in [0, 0.1) is 0 Å². The van der Waals surface area contributed by atoms with Gasteiger partial charge in [0.2, 0.25) is 0 Å². The van der Waals surface area contributed by atoms with Gasteiger partial charge in [-0.15, -0.1) is 0 Å². The quantitative estimate of drug-likeness (QED) is 0.728. The molecule has 90 valence electrons. The van der Waals surface area contributed by atoms with Gasteiger partial charge in [0.05, 0.1) is 0 Å². The zero-order valence-electron chi connectivity index (χ0n) is 10.2. The Hall–Kier alpha value is -1.71. The van der Waals surface area contributed by atoms with Crippen LogP contribution in [0.4, 0.5) is 0 Å². The largest absolute Gasteiger partial charge is 0.351 e. The number of hydrogen-bond donors (Lipinski definition) is 0. The van der Waals surface area contributed by atoms with Crippen molar-refractivity contribution in [1.82, 2.24) is 14.9 Å². The number of rotatable bonds is 5. The van der Waals surface area contributed by atoms with E-state index in [-0.39, 0.29) is 0 Å². The van der Waals surface area contributed by atoms with Gasteiger partial charge in [-0.1, -0.05) is 19.8 Å². The van der Waals surface area contributed by atoms with Gasteiger partial charge in [-0.3, -0.25) is 0 Å². The standard InChI is InChI=1S/C13H18N4/c1-2-3-4-9-17-10-5-7-15-13(17)12-6-8-14-11-16-12/h5-8,11H,2-4,9-10H2,1H3. The van der Waals surface area contributed by atoms with Crippen LogP contribution in [0.3, 0.4) is 0 Å². The van der Waals surface area contributed by atoms with E-state index in [9.17, 15) is 0 Å².